The molecule has 29 heavy (non-hydrogen) atoms. The van der Waals surface area contributed by atoms with Crippen LogP contribution in [0.1, 0.15) is 37.1 Å². The third-order valence-corrected chi connectivity index (χ3v) is 7.10. The van der Waals surface area contributed by atoms with E-state index in [1.165, 1.54) is 12.8 Å². The van der Waals surface area contributed by atoms with Crippen molar-refractivity contribution in [3.05, 3.63) is 46.7 Å². The van der Waals surface area contributed by atoms with Crippen LogP contribution in [0.25, 0.3) is 10.9 Å². The molecule has 0 unspecified atom stereocenters. The maximum atomic E-state index is 6.54. The van der Waals surface area contributed by atoms with Gasteiger partial charge in [0.15, 0.2) is 5.82 Å². The number of nitrogens with zero attached hydrogens (tertiary/aromatic N) is 6. The summed E-state index contributed by atoms with van der Waals surface area (Å²) in [7, 11) is 2.00. The van der Waals surface area contributed by atoms with Crippen LogP contribution in [0.15, 0.2) is 30.3 Å². The number of hydrogen-bond donors (Lipinski definition) is 0. The zero-order chi connectivity index (χ0) is 20.0. The van der Waals surface area contributed by atoms with Gasteiger partial charge in [-0.15, -0.1) is 5.10 Å². The minimum atomic E-state index is 0.264. The van der Waals surface area contributed by atoms with E-state index >= 15 is 0 Å². The van der Waals surface area contributed by atoms with E-state index in [0.717, 1.165) is 72.2 Å². The molecule has 0 saturated carbocycles. The molecule has 1 aromatic carbocycles. The first kappa shape index (κ1) is 18.8. The highest BCUT2D eigenvalue weighted by atomic mass is 35.5. The Morgan fingerprint density at radius 2 is 1.86 bits per heavy atom. The van der Waals surface area contributed by atoms with E-state index in [9.17, 15) is 0 Å². The van der Waals surface area contributed by atoms with Gasteiger partial charge in [-0.25, -0.2) is 0 Å². The van der Waals surface area contributed by atoms with Crippen LogP contribution in [0.3, 0.4) is 0 Å². The van der Waals surface area contributed by atoms with E-state index in [-0.39, 0.29) is 5.54 Å². The Kier molecular flexibility index (Phi) is 4.71. The lowest BCUT2D eigenvalue weighted by Crippen LogP contribution is -2.52. The number of benzene rings is 1. The smallest absolute Gasteiger partial charge is 0.151 e. The molecule has 0 atom stereocenters. The summed E-state index contributed by atoms with van der Waals surface area (Å²) in [6.07, 6.45) is 4.82. The average Bonchev–Trinajstić information content (AvgIpc) is 3.25. The van der Waals surface area contributed by atoms with Crippen LogP contribution >= 0.6 is 11.6 Å². The maximum Gasteiger partial charge on any atom is 0.151 e. The largest absolute Gasteiger partial charge is 0.355 e. The highest BCUT2D eigenvalue weighted by molar-refractivity contribution is 6.35. The lowest BCUT2D eigenvalue weighted by Gasteiger charge is -2.45. The van der Waals surface area contributed by atoms with E-state index in [2.05, 4.69) is 32.1 Å². The first-order chi connectivity index (χ1) is 14.1. The Morgan fingerprint density at radius 1 is 1.03 bits per heavy atom. The van der Waals surface area contributed by atoms with Gasteiger partial charge >= 0.3 is 0 Å². The first-order valence-corrected chi connectivity index (χ1v) is 10.8. The fraction of sp³-hybridized carbons (Fsp3) is 0.500. The molecule has 5 rings (SSSR count). The van der Waals surface area contributed by atoms with Gasteiger partial charge in [-0.2, -0.15) is 10.2 Å². The Labute approximate surface area is 176 Å². The van der Waals surface area contributed by atoms with Crippen LogP contribution in [0, 0.1) is 6.92 Å². The standard InChI is InChI=1S/C22H27ClN6/c1-16-7-8-20(25-24-16)28-13-10-22(11-14-28)9-4-12-29(22)15-18-21-17(23)5-3-6-19(21)27(2)26-18/h3,5-8H,4,9-15H2,1-2H3. The maximum absolute atomic E-state index is 6.54. The second kappa shape index (κ2) is 7.26. The lowest BCUT2D eigenvalue weighted by molar-refractivity contribution is 0.0985. The monoisotopic (exact) mass is 410 g/mol. The number of aryl methyl sites for hydroxylation is 2. The summed E-state index contributed by atoms with van der Waals surface area (Å²) in [5.41, 5.74) is 3.43. The van der Waals surface area contributed by atoms with Crippen molar-refractivity contribution in [2.24, 2.45) is 7.05 Å². The summed E-state index contributed by atoms with van der Waals surface area (Å²) in [6.45, 7) is 6.03. The summed E-state index contributed by atoms with van der Waals surface area (Å²) < 4.78 is 1.96. The molecule has 2 aliphatic heterocycles. The topological polar surface area (TPSA) is 50.1 Å². The van der Waals surface area contributed by atoms with E-state index in [1.54, 1.807) is 0 Å². The van der Waals surface area contributed by atoms with Crippen LogP contribution in [-0.2, 0) is 13.6 Å². The van der Waals surface area contributed by atoms with Gasteiger partial charge in [0.05, 0.1) is 21.9 Å². The molecule has 0 radical (unpaired) electrons. The average molecular weight is 411 g/mol. The number of aromatic nitrogens is 4. The van der Waals surface area contributed by atoms with Gasteiger partial charge in [0.2, 0.25) is 0 Å². The van der Waals surface area contributed by atoms with Crippen molar-refractivity contribution >= 4 is 28.3 Å². The molecular weight excluding hydrogens is 384 g/mol. The molecule has 0 N–H and O–H groups in total. The molecule has 2 fully saturated rings. The van der Waals surface area contributed by atoms with Crippen molar-refractivity contribution in [3.8, 4) is 0 Å². The van der Waals surface area contributed by atoms with E-state index in [0.29, 0.717) is 0 Å². The third kappa shape index (κ3) is 3.28. The van der Waals surface area contributed by atoms with Gasteiger partial charge in [-0.3, -0.25) is 9.58 Å². The van der Waals surface area contributed by atoms with Crippen molar-refractivity contribution in [3.63, 3.8) is 0 Å². The molecule has 2 aliphatic rings. The highest BCUT2D eigenvalue weighted by Gasteiger charge is 2.43. The summed E-state index contributed by atoms with van der Waals surface area (Å²) in [4.78, 5) is 5.04. The Morgan fingerprint density at radius 3 is 2.62 bits per heavy atom. The molecule has 2 saturated heterocycles. The van der Waals surface area contributed by atoms with Crippen molar-refractivity contribution < 1.29 is 0 Å². The van der Waals surface area contributed by atoms with Crippen LogP contribution in [0.5, 0.6) is 0 Å². The summed E-state index contributed by atoms with van der Waals surface area (Å²) in [5.74, 6) is 0.998. The van der Waals surface area contributed by atoms with E-state index in [4.69, 9.17) is 16.7 Å². The molecule has 7 heteroatoms. The normalized spacial score (nSPS) is 19.5. The second-order valence-electron chi connectivity index (χ2n) is 8.47. The quantitative estimate of drug-likeness (QED) is 0.654. The molecule has 3 aromatic rings. The zero-order valence-corrected chi connectivity index (χ0v) is 17.9. The van der Waals surface area contributed by atoms with E-state index < -0.39 is 0 Å². The SMILES string of the molecule is Cc1ccc(N2CCC3(CCCN3Cc3nn(C)c4cccc(Cl)c34)CC2)nn1. The van der Waals surface area contributed by atoms with Gasteiger partial charge in [-0.1, -0.05) is 17.7 Å². The Bertz CT molecular complexity index is 1020. The number of hydrogen-bond acceptors (Lipinski definition) is 5. The summed E-state index contributed by atoms with van der Waals surface area (Å²) in [6, 6.07) is 10.2. The predicted molar refractivity (Wildman–Crippen MR) is 116 cm³/mol. The molecule has 6 nitrogen and oxygen atoms in total. The van der Waals surface area contributed by atoms with Gasteiger partial charge in [-0.05, 0) is 63.4 Å². The van der Waals surface area contributed by atoms with Crippen LogP contribution < -0.4 is 4.90 Å². The number of rotatable bonds is 3. The van der Waals surface area contributed by atoms with Crippen molar-refractivity contribution in [1.29, 1.82) is 0 Å². The van der Waals surface area contributed by atoms with Gasteiger partial charge < -0.3 is 4.90 Å². The molecule has 0 amide bonds. The zero-order valence-electron chi connectivity index (χ0n) is 17.1. The molecule has 0 aliphatic carbocycles. The van der Waals surface area contributed by atoms with Gasteiger partial charge in [0, 0.05) is 37.6 Å². The molecule has 152 valence electrons. The Balaban J connectivity index is 1.36. The number of likely N-dealkylation sites (tertiary alicyclic amines) is 1. The van der Waals surface area contributed by atoms with Crippen molar-refractivity contribution in [2.45, 2.75) is 44.7 Å². The number of piperidine rings is 1. The lowest BCUT2D eigenvalue weighted by atomic mass is 9.84. The van der Waals surface area contributed by atoms with Crippen LogP contribution in [0.4, 0.5) is 5.82 Å². The fourth-order valence-electron chi connectivity index (χ4n) is 5.16. The van der Waals surface area contributed by atoms with E-state index in [1.807, 2.05) is 36.9 Å². The number of anilines is 1. The Hall–Kier alpha value is -2.18. The molecule has 2 aromatic heterocycles. The molecule has 0 bridgehead atoms. The molecule has 1 spiro atoms. The number of halogens is 1. The van der Waals surface area contributed by atoms with Gasteiger partial charge in [0.1, 0.15) is 0 Å². The molecule has 4 heterocycles. The fourth-order valence-corrected chi connectivity index (χ4v) is 5.44. The van der Waals surface area contributed by atoms with Crippen LogP contribution in [0.2, 0.25) is 5.02 Å². The number of fused-ring (bicyclic) bond motifs is 1. The predicted octanol–water partition coefficient (Wildman–Crippen LogP) is 3.96. The summed E-state index contributed by atoms with van der Waals surface area (Å²) in [5, 5.41) is 15.3. The summed E-state index contributed by atoms with van der Waals surface area (Å²) >= 11 is 6.54. The van der Waals surface area contributed by atoms with Gasteiger partial charge in [0.25, 0.3) is 0 Å². The van der Waals surface area contributed by atoms with Crippen molar-refractivity contribution in [1.82, 2.24) is 24.9 Å². The molecular formula is C22H27ClN6. The minimum absolute atomic E-state index is 0.264. The highest BCUT2D eigenvalue weighted by Crippen LogP contribution is 2.41. The minimum Gasteiger partial charge on any atom is -0.355 e. The third-order valence-electron chi connectivity index (χ3n) is 6.78. The second-order valence-corrected chi connectivity index (χ2v) is 8.88. The van der Waals surface area contributed by atoms with Crippen molar-refractivity contribution in [2.75, 3.05) is 24.5 Å². The first-order valence-electron chi connectivity index (χ1n) is 10.5. The van der Waals surface area contributed by atoms with Crippen LogP contribution in [-0.4, -0.2) is 50.1 Å².